The highest BCUT2D eigenvalue weighted by Gasteiger charge is 2.30. The van der Waals surface area contributed by atoms with Gasteiger partial charge in [-0.05, 0) is 41.9 Å². The Morgan fingerprint density at radius 3 is 1.45 bits per heavy atom. The maximum Gasteiger partial charge on any atom is 0.235 e. The van der Waals surface area contributed by atoms with E-state index < -0.39 is 0 Å². The van der Waals surface area contributed by atoms with Crippen molar-refractivity contribution in [2.75, 3.05) is 26.2 Å². The van der Waals surface area contributed by atoms with Crippen LogP contribution in [0.1, 0.15) is 98.3 Å². The molecule has 0 aromatic carbocycles. The second-order valence-electron chi connectivity index (χ2n) is 11.8. The van der Waals surface area contributed by atoms with Crippen LogP contribution in [0.4, 0.5) is 0 Å². The van der Waals surface area contributed by atoms with Gasteiger partial charge < -0.3 is 20.8 Å². The third-order valence-corrected chi connectivity index (χ3v) is 8.67. The first-order valence-corrected chi connectivity index (χ1v) is 15.2. The molecule has 2 aliphatic carbocycles. The first-order valence-electron chi connectivity index (χ1n) is 15.2. The number of carbonyl (C=O) groups excluding carboxylic acids is 4. The summed E-state index contributed by atoms with van der Waals surface area (Å²) in [6.45, 7) is 10.7. The van der Waals surface area contributed by atoms with E-state index in [9.17, 15) is 19.2 Å². The van der Waals surface area contributed by atoms with E-state index in [0.29, 0.717) is 87.4 Å². The fourth-order valence-corrected chi connectivity index (χ4v) is 6.05. The number of hydrogen-bond donors (Lipinski definition) is 6. The molecule has 4 unspecified atom stereocenters. The van der Waals surface area contributed by atoms with Gasteiger partial charge in [0.25, 0.3) is 0 Å². The number of amides is 4. The van der Waals surface area contributed by atoms with Crippen LogP contribution in [0.2, 0.25) is 0 Å². The fraction of sp³-hybridized carbons (Fsp3) is 0.862. The van der Waals surface area contributed by atoms with Crippen molar-refractivity contribution in [3.63, 3.8) is 0 Å². The minimum Gasteiger partial charge on any atom is -0.356 e. The average Bonchev–Trinajstić information content (AvgIpc) is 2.91. The van der Waals surface area contributed by atoms with E-state index in [1.807, 2.05) is 5.43 Å². The van der Waals surface area contributed by atoms with Crippen LogP contribution >= 0.6 is 0 Å². The second kappa shape index (κ2) is 20.6. The lowest BCUT2D eigenvalue weighted by Gasteiger charge is -2.34. The van der Waals surface area contributed by atoms with Crippen LogP contribution < -0.4 is 33.1 Å². The van der Waals surface area contributed by atoms with Crippen molar-refractivity contribution in [1.29, 1.82) is 0 Å². The summed E-state index contributed by atoms with van der Waals surface area (Å²) in [7, 11) is 0. The first-order chi connectivity index (χ1) is 19.1. The van der Waals surface area contributed by atoms with Crippen LogP contribution in [0.3, 0.4) is 0 Å². The van der Waals surface area contributed by atoms with Crippen LogP contribution in [0, 0.1) is 35.5 Å². The summed E-state index contributed by atoms with van der Waals surface area (Å²) in [5.74, 6) is 13.1. The van der Waals surface area contributed by atoms with E-state index in [4.69, 9.17) is 11.7 Å². The fourth-order valence-electron chi connectivity index (χ4n) is 6.05. The Morgan fingerprint density at radius 2 is 1.05 bits per heavy atom. The standard InChI is InChI=1S/C16H31N3O3.C13H25N3O2/c1-12-5-3-6-13(2)14(12)11-16(21)19-9-7-15(20)18-8-4-10-22-17;1-9-4-3-5-10(2)11(9)8-13(18)15-7-6-12(17)16-14/h12-14H,3-11,17H2,1-2H3,(H,18,20)(H,19,21);9-11H,3-8,14H2,1-2H3,(H,15,18)(H,16,17). The maximum atomic E-state index is 12.0. The molecule has 11 heteroatoms. The van der Waals surface area contributed by atoms with Gasteiger partial charge in [0.2, 0.25) is 23.6 Å². The third-order valence-electron chi connectivity index (χ3n) is 8.67. The largest absolute Gasteiger partial charge is 0.356 e. The molecule has 0 spiro atoms. The van der Waals surface area contributed by atoms with Crippen molar-refractivity contribution < 1.29 is 24.0 Å². The summed E-state index contributed by atoms with van der Waals surface area (Å²) in [4.78, 5) is 50.7. The van der Waals surface area contributed by atoms with Crippen molar-refractivity contribution in [2.45, 2.75) is 98.3 Å². The van der Waals surface area contributed by atoms with Gasteiger partial charge in [-0.1, -0.05) is 66.2 Å². The van der Waals surface area contributed by atoms with Gasteiger partial charge in [-0.25, -0.2) is 11.7 Å². The zero-order valence-corrected chi connectivity index (χ0v) is 25.3. The molecule has 0 aromatic rings. The first kappa shape index (κ1) is 35.8. The molecular formula is C29H56N6O5. The van der Waals surface area contributed by atoms with Gasteiger partial charge in [0, 0.05) is 45.3 Å². The topological polar surface area (TPSA) is 178 Å². The normalized spacial score (nSPS) is 26.1. The molecule has 0 aromatic heterocycles. The third kappa shape index (κ3) is 14.9. The van der Waals surface area contributed by atoms with Crippen molar-refractivity contribution in [3.8, 4) is 0 Å². The molecule has 4 amide bonds. The van der Waals surface area contributed by atoms with E-state index in [1.54, 1.807) is 0 Å². The molecule has 2 saturated carbocycles. The highest BCUT2D eigenvalue weighted by molar-refractivity contribution is 5.79. The SMILES string of the molecule is CC1CCCC(C)C1CC(=O)NCCC(=O)NCCCON.CC1CCCC(C)C1CC(=O)NCCC(=O)NN. The molecule has 40 heavy (non-hydrogen) atoms. The summed E-state index contributed by atoms with van der Waals surface area (Å²) < 4.78 is 0. The van der Waals surface area contributed by atoms with Crippen LogP contribution in [-0.2, 0) is 24.0 Å². The molecule has 8 N–H and O–H groups in total. The summed E-state index contributed by atoms with van der Waals surface area (Å²) in [5, 5.41) is 8.40. The Balaban J connectivity index is 0.000000408. The lowest BCUT2D eigenvalue weighted by Crippen LogP contribution is -2.36. The minimum absolute atomic E-state index is 0.0467. The maximum absolute atomic E-state index is 12.0. The number of hydrazine groups is 1. The highest BCUT2D eigenvalue weighted by Crippen LogP contribution is 2.37. The number of nitrogens with one attached hydrogen (secondary N) is 4. The van der Waals surface area contributed by atoms with E-state index in [-0.39, 0.29) is 30.0 Å². The summed E-state index contributed by atoms with van der Waals surface area (Å²) in [6, 6.07) is 0. The molecule has 232 valence electrons. The van der Waals surface area contributed by atoms with Crippen molar-refractivity contribution >= 4 is 23.6 Å². The van der Waals surface area contributed by atoms with Gasteiger partial charge in [0.05, 0.1) is 6.61 Å². The van der Waals surface area contributed by atoms with Crippen LogP contribution in [0.25, 0.3) is 0 Å². The number of hydrogen-bond acceptors (Lipinski definition) is 7. The minimum atomic E-state index is -0.255. The van der Waals surface area contributed by atoms with E-state index in [0.717, 1.165) is 0 Å². The number of rotatable bonds is 14. The summed E-state index contributed by atoms with van der Waals surface area (Å²) in [5.41, 5.74) is 2.04. The van der Waals surface area contributed by atoms with E-state index >= 15 is 0 Å². The monoisotopic (exact) mass is 568 g/mol. The average molecular weight is 569 g/mol. The van der Waals surface area contributed by atoms with Gasteiger partial charge in [-0.3, -0.25) is 24.6 Å². The van der Waals surface area contributed by atoms with Crippen molar-refractivity contribution in [1.82, 2.24) is 21.4 Å². The Kier molecular flexibility index (Phi) is 18.4. The van der Waals surface area contributed by atoms with Crippen molar-refractivity contribution in [3.05, 3.63) is 0 Å². The van der Waals surface area contributed by atoms with Gasteiger partial charge in [-0.15, -0.1) is 0 Å². The lowest BCUT2D eigenvalue weighted by molar-refractivity contribution is -0.125. The molecule has 2 aliphatic rings. The molecular weight excluding hydrogens is 512 g/mol. The molecule has 4 atom stereocenters. The van der Waals surface area contributed by atoms with Gasteiger partial charge in [-0.2, -0.15) is 0 Å². The molecule has 11 nitrogen and oxygen atoms in total. The second-order valence-corrected chi connectivity index (χ2v) is 11.8. The van der Waals surface area contributed by atoms with Gasteiger partial charge >= 0.3 is 0 Å². The Hall–Kier alpha value is -2.24. The Bertz CT molecular complexity index is 747. The molecule has 0 radical (unpaired) electrons. The van der Waals surface area contributed by atoms with Crippen LogP contribution in [0.5, 0.6) is 0 Å². The zero-order valence-electron chi connectivity index (χ0n) is 25.3. The molecule has 0 heterocycles. The summed E-state index contributed by atoms with van der Waals surface area (Å²) >= 11 is 0. The predicted octanol–water partition coefficient (Wildman–Crippen LogP) is 2.30. The molecule has 0 saturated heterocycles. The number of nitrogens with two attached hydrogens (primary N) is 2. The Morgan fingerprint density at radius 1 is 0.650 bits per heavy atom. The van der Waals surface area contributed by atoms with Gasteiger partial charge in [0.1, 0.15) is 0 Å². The van der Waals surface area contributed by atoms with Gasteiger partial charge in [0.15, 0.2) is 0 Å². The molecule has 0 bridgehead atoms. The van der Waals surface area contributed by atoms with Crippen LogP contribution in [0.15, 0.2) is 0 Å². The Labute approximate surface area is 241 Å². The zero-order chi connectivity index (χ0) is 29.9. The quantitative estimate of drug-likeness (QED) is 0.0805. The smallest absolute Gasteiger partial charge is 0.235 e. The molecule has 2 fully saturated rings. The highest BCUT2D eigenvalue weighted by atomic mass is 16.6. The van der Waals surface area contributed by atoms with E-state index in [1.165, 1.54) is 38.5 Å². The summed E-state index contributed by atoms with van der Waals surface area (Å²) in [6.07, 6.45) is 9.82. The van der Waals surface area contributed by atoms with E-state index in [2.05, 4.69) is 48.5 Å². The van der Waals surface area contributed by atoms with Crippen molar-refractivity contribution in [2.24, 2.45) is 47.2 Å². The van der Waals surface area contributed by atoms with Crippen LogP contribution in [-0.4, -0.2) is 49.9 Å². The molecule has 2 rings (SSSR count). The lowest BCUT2D eigenvalue weighted by atomic mass is 9.72. The molecule has 0 aliphatic heterocycles. The predicted molar refractivity (Wildman–Crippen MR) is 156 cm³/mol. The number of carbonyl (C=O) groups is 4.